The summed E-state index contributed by atoms with van der Waals surface area (Å²) in [5, 5.41) is 3.29. The molecule has 1 aromatic heterocycles. The summed E-state index contributed by atoms with van der Waals surface area (Å²) in [6.07, 6.45) is 1.79. The molecule has 0 amide bonds. The maximum absolute atomic E-state index is 4.64. The Labute approximate surface area is 137 Å². The Bertz CT molecular complexity index is 853. The molecule has 23 heavy (non-hydrogen) atoms. The standard InChI is InChI=1S/C20H21N3/c1-13-5-7-17(11-15(13)3)19-9-10-21-20(23-19)22-18-8-6-14(2)16(4)12-18/h5-12H,1-4H3,(H,21,22,23). The Morgan fingerprint density at radius 2 is 1.43 bits per heavy atom. The van der Waals surface area contributed by atoms with Crippen molar-refractivity contribution in [1.29, 1.82) is 0 Å². The molecule has 0 radical (unpaired) electrons. The zero-order valence-electron chi connectivity index (χ0n) is 14.0. The summed E-state index contributed by atoms with van der Waals surface area (Å²) in [6, 6.07) is 14.6. The summed E-state index contributed by atoms with van der Waals surface area (Å²) in [5.74, 6) is 0.615. The highest BCUT2D eigenvalue weighted by Gasteiger charge is 2.05. The van der Waals surface area contributed by atoms with E-state index in [1.165, 1.54) is 22.3 Å². The number of hydrogen-bond acceptors (Lipinski definition) is 3. The van der Waals surface area contributed by atoms with Crippen LogP contribution in [-0.4, -0.2) is 9.97 Å². The molecular formula is C20H21N3. The van der Waals surface area contributed by atoms with Gasteiger partial charge in [0.1, 0.15) is 0 Å². The fourth-order valence-electron chi connectivity index (χ4n) is 2.43. The Balaban J connectivity index is 1.90. The van der Waals surface area contributed by atoms with E-state index in [0.29, 0.717) is 5.95 Å². The van der Waals surface area contributed by atoms with E-state index in [0.717, 1.165) is 16.9 Å². The predicted molar refractivity (Wildman–Crippen MR) is 96.1 cm³/mol. The molecule has 0 fully saturated rings. The summed E-state index contributed by atoms with van der Waals surface area (Å²) in [6.45, 7) is 8.45. The molecule has 3 rings (SSSR count). The molecule has 0 aliphatic heterocycles. The molecule has 0 spiro atoms. The summed E-state index contributed by atoms with van der Waals surface area (Å²) < 4.78 is 0. The van der Waals surface area contributed by atoms with Crippen LogP contribution in [0.5, 0.6) is 0 Å². The predicted octanol–water partition coefficient (Wildman–Crippen LogP) is 5.12. The molecule has 0 aliphatic rings. The van der Waals surface area contributed by atoms with Gasteiger partial charge in [-0.2, -0.15) is 0 Å². The number of nitrogens with zero attached hydrogens (tertiary/aromatic N) is 2. The molecule has 0 atom stereocenters. The average molecular weight is 303 g/mol. The minimum absolute atomic E-state index is 0.615. The van der Waals surface area contributed by atoms with Gasteiger partial charge in [-0.05, 0) is 74.2 Å². The van der Waals surface area contributed by atoms with Gasteiger partial charge in [-0.15, -0.1) is 0 Å². The van der Waals surface area contributed by atoms with Crippen molar-refractivity contribution in [2.24, 2.45) is 0 Å². The van der Waals surface area contributed by atoms with Crippen LogP contribution in [0, 0.1) is 27.7 Å². The number of benzene rings is 2. The summed E-state index contributed by atoms with van der Waals surface area (Å²) in [7, 11) is 0. The SMILES string of the molecule is Cc1ccc(Nc2nccc(-c3ccc(C)c(C)c3)n2)cc1C. The largest absolute Gasteiger partial charge is 0.324 e. The second kappa shape index (κ2) is 6.21. The van der Waals surface area contributed by atoms with Crippen LogP contribution in [0.1, 0.15) is 22.3 Å². The summed E-state index contributed by atoms with van der Waals surface area (Å²) >= 11 is 0. The van der Waals surface area contributed by atoms with Gasteiger partial charge >= 0.3 is 0 Å². The molecule has 0 saturated heterocycles. The summed E-state index contributed by atoms with van der Waals surface area (Å²) in [5.41, 5.74) is 8.13. The third-order valence-corrected chi connectivity index (χ3v) is 4.22. The van der Waals surface area contributed by atoms with Gasteiger partial charge in [-0.25, -0.2) is 9.97 Å². The number of aryl methyl sites for hydroxylation is 4. The van der Waals surface area contributed by atoms with Crippen LogP contribution in [0.3, 0.4) is 0 Å². The summed E-state index contributed by atoms with van der Waals surface area (Å²) in [4.78, 5) is 8.97. The average Bonchev–Trinajstić information content (AvgIpc) is 2.54. The van der Waals surface area contributed by atoms with Crippen molar-refractivity contribution >= 4 is 11.6 Å². The Morgan fingerprint density at radius 3 is 2.13 bits per heavy atom. The van der Waals surface area contributed by atoms with E-state index in [-0.39, 0.29) is 0 Å². The van der Waals surface area contributed by atoms with E-state index >= 15 is 0 Å². The fraction of sp³-hybridized carbons (Fsp3) is 0.200. The van der Waals surface area contributed by atoms with Gasteiger partial charge in [0.2, 0.25) is 5.95 Å². The number of nitrogens with one attached hydrogen (secondary N) is 1. The smallest absolute Gasteiger partial charge is 0.227 e. The van der Waals surface area contributed by atoms with Gasteiger partial charge in [0.05, 0.1) is 5.69 Å². The van der Waals surface area contributed by atoms with Crippen LogP contribution in [0.4, 0.5) is 11.6 Å². The maximum atomic E-state index is 4.64. The van der Waals surface area contributed by atoms with Crippen molar-refractivity contribution in [2.45, 2.75) is 27.7 Å². The first-order valence-corrected chi connectivity index (χ1v) is 7.78. The van der Waals surface area contributed by atoms with Crippen molar-refractivity contribution < 1.29 is 0 Å². The lowest BCUT2D eigenvalue weighted by molar-refractivity contribution is 1.16. The first-order chi connectivity index (χ1) is 11.0. The van der Waals surface area contributed by atoms with E-state index in [1.54, 1.807) is 6.20 Å². The normalized spacial score (nSPS) is 10.6. The van der Waals surface area contributed by atoms with Gasteiger partial charge in [0, 0.05) is 17.4 Å². The third kappa shape index (κ3) is 3.39. The number of aromatic nitrogens is 2. The van der Waals surface area contributed by atoms with Gasteiger partial charge in [-0.1, -0.05) is 18.2 Å². The van der Waals surface area contributed by atoms with E-state index < -0.39 is 0 Å². The minimum Gasteiger partial charge on any atom is -0.324 e. The van der Waals surface area contributed by atoms with Crippen LogP contribution in [0.15, 0.2) is 48.7 Å². The molecule has 1 N–H and O–H groups in total. The molecule has 0 bridgehead atoms. The Morgan fingerprint density at radius 1 is 0.739 bits per heavy atom. The van der Waals surface area contributed by atoms with Crippen molar-refractivity contribution in [3.05, 3.63) is 70.9 Å². The van der Waals surface area contributed by atoms with Crippen LogP contribution >= 0.6 is 0 Å². The number of anilines is 2. The number of hydrogen-bond donors (Lipinski definition) is 1. The third-order valence-electron chi connectivity index (χ3n) is 4.22. The van der Waals surface area contributed by atoms with E-state index in [4.69, 9.17) is 0 Å². The zero-order chi connectivity index (χ0) is 16.4. The molecule has 0 aliphatic carbocycles. The van der Waals surface area contributed by atoms with Gasteiger partial charge in [-0.3, -0.25) is 0 Å². The highest BCUT2D eigenvalue weighted by atomic mass is 15.1. The van der Waals surface area contributed by atoms with Crippen molar-refractivity contribution in [3.63, 3.8) is 0 Å². The lowest BCUT2D eigenvalue weighted by Gasteiger charge is -2.09. The zero-order valence-corrected chi connectivity index (χ0v) is 14.0. The second-order valence-electron chi connectivity index (χ2n) is 5.99. The lowest BCUT2D eigenvalue weighted by Crippen LogP contribution is -1.98. The molecule has 3 aromatic rings. The topological polar surface area (TPSA) is 37.8 Å². The van der Waals surface area contributed by atoms with Crippen LogP contribution < -0.4 is 5.32 Å². The molecule has 116 valence electrons. The maximum Gasteiger partial charge on any atom is 0.227 e. The van der Waals surface area contributed by atoms with Crippen LogP contribution in [0.25, 0.3) is 11.3 Å². The van der Waals surface area contributed by atoms with Crippen LogP contribution in [-0.2, 0) is 0 Å². The number of rotatable bonds is 3. The highest BCUT2D eigenvalue weighted by Crippen LogP contribution is 2.22. The quantitative estimate of drug-likeness (QED) is 0.729. The highest BCUT2D eigenvalue weighted by molar-refractivity contribution is 5.63. The lowest BCUT2D eigenvalue weighted by atomic mass is 10.0. The molecule has 3 nitrogen and oxygen atoms in total. The van der Waals surface area contributed by atoms with Gasteiger partial charge in [0.15, 0.2) is 0 Å². The second-order valence-corrected chi connectivity index (χ2v) is 5.99. The first-order valence-electron chi connectivity index (χ1n) is 7.78. The van der Waals surface area contributed by atoms with Crippen molar-refractivity contribution in [2.75, 3.05) is 5.32 Å². The molecule has 0 unspecified atom stereocenters. The van der Waals surface area contributed by atoms with Gasteiger partial charge < -0.3 is 5.32 Å². The van der Waals surface area contributed by atoms with E-state index in [1.807, 2.05) is 12.1 Å². The molecule has 2 aromatic carbocycles. The van der Waals surface area contributed by atoms with Crippen molar-refractivity contribution in [3.8, 4) is 11.3 Å². The van der Waals surface area contributed by atoms with Gasteiger partial charge in [0.25, 0.3) is 0 Å². The molecule has 1 heterocycles. The first kappa shape index (κ1) is 15.2. The monoisotopic (exact) mass is 303 g/mol. The minimum atomic E-state index is 0.615. The van der Waals surface area contributed by atoms with Crippen LogP contribution in [0.2, 0.25) is 0 Å². The molecular weight excluding hydrogens is 282 g/mol. The molecule has 3 heteroatoms. The van der Waals surface area contributed by atoms with E-state index in [9.17, 15) is 0 Å². The molecule has 0 saturated carbocycles. The Kier molecular flexibility index (Phi) is 4.11. The Hall–Kier alpha value is -2.68. The van der Waals surface area contributed by atoms with E-state index in [2.05, 4.69) is 73.3 Å². The fourth-order valence-corrected chi connectivity index (χ4v) is 2.43. The van der Waals surface area contributed by atoms with Crippen molar-refractivity contribution in [1.82, 2.24) is 9.97 Å².